The minimum absolute atomic E-state index is 0.196. The van der Waals surface area contributed by atoms with Crippen LogP contribution in [0.25, 0.3) is 10.9 Å². The zero-order valence-electron chi connectivity index (χ0n) is 13.7. The molecular weight excluding hydrogens is 304 g/mol. The Morgan fingerprint density at radius 2 is 2.04 bits per heavy atom. The second kappa shape index (κ2) is 5.30. The number of fused-ring (bicyclic) bond motifs is 1. The number of likely N-dealkylation sites (tertiary alicyclic amines) is 1. The first-order chi connectivity index (χ1) is 11.5. The van der Waals surface area contributed by atoms with Gasteiger partial charge in [-0.05, 0) is 44.7 Å². The Labute approximate surface area is 140 Å². The number of aliphatic carboxylic acids is 1. The first-order valence-electron chi connectivity index (χ1n) is 8.46. The molecule has 1 saturated carbocycles. The average Bonchev–Trinajstić information content (AvgIpc) is 3.35. The predicted molar refractivity (Wildman–Crippen MR) is 90.0 cm³/mol. The van der Waals surface area contributed by atoms with Gasteiger partial charge in [-0.2, -0.15) is 0 Å². The second-order valence-corrected chi connectivity index (χ2v) is 7.03. The van der Waals surface area contributed by atoms with Crippen molar-refractivity contribution < 1.29 is 14.7 Å². The summed E-state index contributed by atoms with van der Waals surface area (Å²) < 4.78 is 0. The van der Waals surface area contributed by atoms with Crippen LogP contribution in [0.15, 0.2) is 30.3 Å². The Balaban J connectivity index is 1.83. The topological polar surface area (TPSA) is 70.5 Å². The molecule has 24 heavy (non-hydrogen) atoms. The maximum atomic E-state index is 13.2. The first kappa shape index (κ1) is 15.1. The van der Waals surface area contributed by atoms with Crippen LogP contribution in [-0.4, -0.2) is 39.0 Å². The van der Waals surface area contributed by atoms with E-state index in [0.717, 1.165) is 29.4 Å². The summed E-state index contributed by atoms with van der Waals surface area (Å²) in [6.45, 7) is 2.13. The molecule has 2 aliphatic rings. The lowest BCUT2D eigenvalue weighted by molar-refractivity contribution is -0.147. The normalized spacial score (nSPS) is 23.6. The van der Waals surface area contributed by atoms with Crippen LogP contribution in [0, 0.1) is 0 Å². The molecule has 124 valence electrons. The molecule has 1 saturated heterocycles. The standard InChI is InChI=1S/C19H20N2O3/c1-19(18(23)24)9-4-10-21(19)17(22)14-11-16(12-7-8-12)20-15-6-3-2-5-13(14)15/h2-3,5-6,11-12H,4,7-10H2,1H3,(H,23,24)/t19-/m1/s1. The smallest absolute Gasteiger partial charge is 0.329 e. The summed E-state index contributed by atoms with van der Waals surface area (Å²) >= 11 is 0. The zero-order chi connectivity index (χ0) is 16.9. The van der Waals surface area contributed by atoms with E-state index in [2.05, 4.69) is 0 Å². The van der Waals surface area contributed by atoms with E-state index in [-0.39, 0.29) is 5.91 Å². The fourth-order valence-electron chi connectivity index (χ4n) is 3.62. The molecule has 1 aliphatic carbocycles. The van der Waals surface area contributed by atoms with Crippen molar-refractivity contribution >= 4 is 22.8 Å². The van der Waals surface area contributed by atoms with Crippen molar-refractivity contribution in [2.24, 2.45) is 0 Å². The molecule has 1 aromatic heterocycles. The monoisotopic (exact) mass is 324 g/mol. The van der Waals surface area contributed by atoms with Gasteiger partial charge < -0.3 is 10.0 Å². The van der Waals surface area contributed by atoms with Gasteiger partial charge in [0.15, 0.2) is 0 Å². The third-order valence-corrected chi connectivity index (χ3v) is 5.31. The minimum atomic E-state index is -1.12. The third-order valence-electron chi connectivity index (χ3n) is 5.31. The van der Waals surface area contributed by atoms with E-state index >= 15 is 0 Å². The quantitative estimate of drug-likeness (QED) is 0.941. The number of amides is 1. The van der Waals surface area contributed by atoms with E-state index in [1.165, 1.54) is 4.90 Å². The lowest BCUT2D eigenvalue weighted by Gasteiger charge is -2.31. The molecule has 2 heterocycles. The van der Waals surface area contributed by atoms with Crippen LogP contribution in [0.3, 0.4) is 0 Å². The highest BCUT2D eigenvalue weighted by Gasteiger charge is 2.46. The molecule has 1 aliphatic heterocycles. The third kappa shape index (κ3) is 2.27. The number of carbonyl (C=O) groups excluding carboxylic acids is 1. The summed E-state index contributed by atoms with van der Waals surface area (Å²) in [6, 6.07) is 9.48. The van der Waals surface area contributed by atoms with Gasteiger partial charge in [-0.1, -0.05) is 18.2 Å². The summed E-state index contributed by atoms with van der Waals surface area (Å²) in [7, 11) is 0. The Morgan fingerprint density at radius 3 is 2.75 bits per heavy atom. The molecular formula is C19H20N2O3. The van der Waals surface area contributed by atoms with Gasteiger partial charge in [0, 0.05) is 23.5 Å². The van der Waals surface area contributed by atoms with Crippen molar-refractivity contribution in [1.29, 1.82) is 0 Å². The fourth-order valence-corrected chi connectivity index (χ4v) is 3.62. The molecule has 0 bridgehead atoms. The Bertz CT molecular complexity index is 844. The van der Waals surface area contributed by atoms with Crippen molar-refractivity contribution in [2.45, 2.75) is 44.1 Å². The number of pyridine rings is 1. The molecule has 0 spiro atoms. The van der Waals surface area contributed by atoms with Crippen molar-refractivity contribution in [3.63, 3.8) is 0 Å². The number of aromatic nitrogens is 1. The van der Waals surface area contributed by atoms with Crippen LogP contribution in [-0.2, 0) is 4.79 Å². The highest BCUT2D eigenvalue weighted by Crippen LogP contribution is 2.41. The van der Waals surface area contributed by atoms with Crippen LogP contribution in [0.1, 0.15) is 54.6 Å². The van der Waals surface area contributed by atoms with Crippen LogP contribution in [0.5, 0.6) is 0 Å². The Hall–Kier alpha value is -2.43. The van der Waals surface area contributed by atoms with E-state index in [1.807, 2.05) is 30.3 Å². The molecule has 0 unspecified atom stereocenters. The lowest BCUT2D eigenvalue weighted by atomic mass is 9.97. The highest BCUT2D eigenvalue weighted by atomic mass is 16.4. The molecule has 5 nitrogen and oxygen atoms in total. The Morgan fingerprint density at radius 1 is 1.29 bits per heavy atom. The van der Waals surface area contributed by atoms with Gasteiger partial charge in [-0.15, -0.1) is 0 Å². The first-order valence-corrected chi connectivity index (χ1v) is 8.46. The summed E-state index contributed by atoms with van der Waals surface area (Å²) in [6.07, 6.45) is 3.42. The van der Waals surface area contributed by atoms with Gasteiger partial charge in [0.2, 0.25) is 0 Å². The van der Waals surface area contributed by atoms with E-state index < -0.39 is 11.5 Å². The van der Waals surface area contributed by atoms with Gasteiger partial charge in [-0.3, -0.25) is 9.78 Å². The number of carbonyl (C=O) groups is 2. The van der Waals surface area contributed by atoms with Crippen LogP contribution in [0.4, 0.5) is 0 Å². The molecule has 5 heteroatoms. The average molecular weight is 324 g/mol. The number of nitrogens with zero attached hydrogens (tertiary/aromatic N) is 2. The van der Waals surface area contributed by atoms with Crippen molar-refractivity contribution in [1.82, 2.24) is 9.88 Å². The summed E-state index contributed by atoms with van der Waals surface area (Å²) in [5, 5.41) is 10.4. The van der Waals surface area contributed by atoms with Gasteiger partial charge >= 0.3 is 5.97 Å². The molecule has 1 aromatic carbocycles. The van der Waals surface area contributed by atoms with Crippen molar-refractivity contribution in [2.75, 3.05) is 6.54 Å². The van der Waals surface area contributed by atoms with Gasteiger partial charge in [-0.25, -0.2) is 4.79 Å². The van der Waals surface area contributed by atoms with E-state index in [0.29, 0.717) is 30.9 Å². The molecule has 1 atom stereocenters. The van der Waals surface area contributed by atoms with Gasteiger partial charge in [0.05, 0.1) is 11.1 Å². The number of hydrogen-bond donors (Lipinski definition) is 1. The maximum absolute atomic E-state index is 13.2. The molecule has 2 aromatic rings. The molecule has 1 N–H and O–H groups in total. The number of benzene rings is 1. The summed E-state index contributed by atoms with van der Waals surface area (Å²) in [5.41, 5.74) is 1.22. The number of hydrogen-bond acceptors (Lipinski definition) is 3. The van der Waals surface area contributed by atoms with Gasteiger partial charge in [0.1, 0.15) is 5.54 Å². The maximum Gasteiger partial charge on any atom is 0.329 e. The van der Waals surface area contributed by atoms with Gasteiger partial charge in [0.25, 0.3) is 5.91 Å². The Kier molecular flexibility index (Phi) is 3.34. The second-order valence-electron chi connectivity index (χ2n) is 7.03. The fraction of sp³-hybridized carbons (Fsp3) is 0.421. The number of carboxylic acids is 1. The number of carboxylic acid groups (broad SMARTS) is 1. The highest BCUT2D eigenvalue weighted by molar-refractivity contribution is 6.07. The lowest BCUT2D eigenvalue weighted by Crippen LogP contribution is -2.50. The van der Waals surface area contributed by atoms with Crippen LogP contribution >= 0.6 is 0 Å². The van der Waals surface area contributed by atoms with Crippen LogP contribution < -0.4 is 0 Å². The predicted octanol–water partition coefficient (Wildman–Crippen LogP) is 3.19. The molecule has 0 radical (unpaired) electrons. The van der Waals surface area contributed by atoms with E-state index in [4.69, 9.17) is 4.98 Å². The summed E-state index contributed by atoms with van der Waals surface area (Å²) in [5.74, 6) is -0.697. The molecule has 4 rings (SSSR count). The molecule has 2 fully saturated rings. The SMILES string of the molecule is C[C@]1(C(=O)O)CCCN1C(=O)c1cc(C2CC2)nc2ccccc12. The summed E-state index contributed by atoms with van der Waals surface area (Å²) in [4.78, 5) is 31.1. The largest absolute Gasteiger partial charge is 0.480 e. The minimum Gasteiger partial charge on any atom is -0.480 e. The van der Waals surface area contributed by atoms with Crippen LogP contribution in [0.2, 0.25) is 0 Å². The van der Waals surface area contributed by atoms with E-state index in [9.17, 15) is 14.7 Å². The van der Waals surface area contributed by atoms with Crippen molar-refractivity contribution in [3.8, 4) is 0 Å². The van der Waals surface area contributed by atoms with Crippen molar-refractivity contribution in [3.05, 3.63) is 41.6 Å². The van der Waals surface area contributed by atoms with E-state index in [1.54, 1.807) is 6.92 Å². The number of rotatable bonds is 3. The zero-order valence-corrected chi connectivity index (χ0v) is 13.7. The molecule has 1 amide bonds. The number of para-hydroxylation sites is 1.